The van der Waals surface area contributed by atoms with Crippen molar-refractivity contribution >= 4 is 5.91 Å². The molecule has 2 aromatic carbocycles. The van der Waals surface area contributed by atoms with Crippen LogP contribution < -0.4 is 14.8 Å². The van der Waals surface area contributed by atoms with E-state index in [2.05, 4.69) is 17.1 Å². The molecule has 1 fully saturated rings. The van der Waals surface area contributed by atoms with Gasteiger partial charge in [0.15, 0.2) is 6.61 Å². The third-order valence-electron chi connectivity index (χ3n) is 4.61. The Hall–Kier alpha value is -2.53. The van der Waals surface area contributed by atoms with Crippen molar-refractivity contribution in [2.75, 3.05) is 26.2 Å². The molecule has 1 amide bonds. The van der Waals surface area contributed by atoms with Gasteiger partial charge in [0.25, 0.3) is 5.91 Å². The number of likely N-dealkylation sites (tertiary alicyclic amines) is 1. The highest BCUT2D eigenvalue weighted by molar-refractivity contribution is 5.77. The molecule has 0 aromatic heterocycles. The van der Waals surface area contributed by atoms with Crippen molar-refractivity contribution in [2.24, 2.45) is 0 Å². The Bertz CT molecular complexity index is 688. The molecule has 2 aromatic rings. The van der Waals surface area contributed by atoms with Crippen LogP contribution in [0.1, 0.15) is 19.8 Å². The SMILES string of the molecule is CCN1CCCC1CNC(=O)COc1ccc(Oc2ccccc2)cc1. The van der Waals surface area contributed by atoms with E-state index < -0.39 is 0 Å². The minimum absolute atomic E-state index is 0.0255. The molecular weight excluding hydrogens is 328 g/mol. The number of carbonyl (C=O) groups excluding carboxylic acids is 1. The molecule has 1 heterocycles. The van der Waals surface area contributed by atoms with Gasteiger partial charge < -0.3 is 14.8 Å². The Morgan fingerprint density at radius 1 is 1.08 bits per heavy atom. The van der Waals surface area contributed by atoms with Crippen LogP contribution in [-0.4, -0.2) is 43.1 Å². The van der Waals surface area contributed by atoms with Crippen LogP contribution >= 0.6 is 0 Å². The number of nitrogens with zero attached hydrogens (tertiary/aromatic N) is 1. The molecular formula is C21H26N2O3. The molecule has 3 rings (SSSR count). The van der Waals surface area contributed by atoms with Crippen molar-refractivity contribution in [3.05, 3.63) is 54.6 Å². The largest absolute Gasteiger partial charge is 0.484 e. The number of para-hydroxylation sites is 1. The van der Waals surface area contributed by atoms with Gasteiger partial charge in [0.1, 0.15) is 17.2 Å². The Kier molecular flexibility index (Phi) is 6.50. The summed E-state index contributed by atoms with van der Waals surface area (Å²) in [6.07, 6.45) is 2.36. The molecule has 0 spiro atoms. The normalized spacial score (nSPS) is 17.0. The van der Waals surface area contributed by atoms with Crippen LogP contribution in [-0.2, 0) is 4.79 Å². The molecule has 0 saturated carbocycles. The summed E-state index contributed by atoms with van der Waals surface area (Å²) in [6, 6.07) is 17.3. The second kappa shape index (κ2) is 9.25. The zero-order chi connectivity index (χ0) is 18.2. The lowest BCUT2D eigenvalue weighted by atomic mass is 10.2. The maximum absolute atomic E-state index is 12.0. The van der Waals surface area contributed by atoms with Gasteiger partial charge in [-0.2, -0.15) is 0 Å². The number of carbonyl (C=O) groups is 1. The van der Waals surface area contributed by atoms with E-state index in [1.54, 1.807) is 12.1 Å². The van der Waals surface area contributed by atoms with Gasteiger partial charge in [-0.15, -0.1) is 0 Å². The minimum Gasteiger partial charge on any atom is -0.484 e. The first-order valence-corrected chi connectivity index (χ1v) is 9.21. The third-order valence-corrected chi connectivity index (χ3v) is 4.61. The van der Waals surface area contributed by atoms with E-state index in [1.165, 1.54) is 6.42 Å². The summed E-state index contributed by atoms with van der Waals surface area (Å²) in [5.41, 5.74) is 0. The zero-order valence-electron chi connectivity index (χ0n) is 15.2. The second-order valence-electron chi connectivity index (χ2n) is 6.40. The van der Waals surface area contributed by atoms with E-state index in [0.717, 1.165) is 31.0 Å². The van der Waals surface area contributed by atoms with Crippen molar-refractivity contribution in [1.29, 1.82) is 0 Å². The molecule has 1 saturated heterocycles. The topological polar surface area (TPSA) is 50.8 Å². The number of hydrogen-bond donors (Lipinski definition) is 1. The summed E-state index contributed by atoms with van der Waals surface area (Å²) in [5.74, 6) is 2.08. The minimum atomic E-state index is -0.0856. The first-order valence-electron chi connectivity index (χ1n) is 9.21. The highest BCUT2D eigenvalue weighted by Crippen LogP contribution is 2.23. The fourth-order valence-corrected chi connectivity index (χ4v) is 3.20. The van der Waals surface area contributed by atoms with Crippen LogP contribution in [0.5, 0.6) is 17.2 Å². The maximum atomic E-state index is 12.0. The zero-order valence-corrected chi connectivity index (χ0v) is 15.2. The Labute approximate surface area is 154 Å². The predicted octanol–water partition coefficient (Wildman–Crippen LogP) is 3.46. The van der Waals surface area contributed by atoms with Crippen molar-refractivity contribution < 1.29 is 14.3 Å². The molecule has 0 bridgehead atoms. The lowest BCUT2D eigenvalue weighted by Gasteiger charge is -2.22. The number of likely N-dealkylation sites (N-methyl/N-ethyl adjacent to an activating group) is 1. The van der Waals surface area contributed by atoms with Gasteiger partial charge in [0.05, 0.1) is 0 Å². The number of amides is 1. The molecule has 1 aliphatic rings. The van der Waals surface area contributed by atoms with Gasteiger partial charge in [-0.25, -0.2) is 0 Å². The van der Waals surface area contributed by atoms with Crippen molar-refractivity contribution in [1.82, 2.24) is 10.2 Å². The van der Waals surface area contributed by atoms with E-state index in [-0.39, 0.29) is 12.5 Å². The van der Waals surface area contributed by atoms with E-state index in [9.17, 15) is 4.79 Å². The average molecular weight is 354 g/mol. The molecule has 26 heavy (non-hydrogen) atoms. The smallest absolute Gasteiger partial charge is 0.257 e. The lowest BCUT2D eigenvalue weighted by Crippen LogP contribution is -2.41. The maximum Gasteiger partial charge on any atom is 0.257 e. The number of benzene rings is 2. The first kappa shape index (κ1) is 18.3. The van der Waals surface area contributed by atoms with Crippen LogP contribution in [0.4, 0.5) is 0 Å². The van der Waals surface area contributed by atoms with Crippen LogP contribution in [0, 0.1) is 0 Å². The summed E-state index contributed by atoms with van der Waals surface area (Å²) in [4.78, 5) is 14.4. The van der Waals surface area contributed by atoms with E-state index >= 15 is 0 Å². The highest BCUT2D eigenvalue weighted by Gasteiger charge is 2.23. The molecule has 0 radical (unpaired) electrons. The number of ether oxygens (including phenoxy) is 2. The van der Waals surface area contributed by atoms with Gasteiger partial charge in [-0.3, -0.25) is 9.69 Å². The fourth-order valence-electron chi connectivity index (χ4n) is 3.20. The summed E-state index contributed by atoms with van der Waals surface area (Å²) in [7, 11) is 0. The molecule has 138 valence electrons. The van der Waals surface area contributed by atoms with Crippen LogP contribution in [0.15, 0.2) is 54.6 Å². The average Bonchev–Trinajstić information content (AvgIpc) is 3.14. The number of nitrogens with one attached hydrogen (secondary N) is 1. The Morgan fingerprint density at radius 3 is 2.50 bits per heavy atom. The number of hydrogen-bond acceptors (Lipinski definition) is 4. The van der Waals surface area contributed by atoms with Crippen molar-refractivity contribution in [2.45, 2.75) is 25.8 Å². The molecule has 0 aliphatic carbocycles. The molecule has 1 atom stereocenters. The van der Waals surface area contributed by atoms with Crippen LogP contribution in [0.3, 0.4) is 0 Å². The summed E-state index contributed by atoms with van der Waals surface area (Å²) < 4.78 is 11.3. The summed E-state index contributed by atoms with van der Waals surface area (Å²) >= 11 is 0. The van der Waals surface area contributed by atoms with Crippen LogP contribution in [0.2, 0.25) is 0 Å². The Balaban J connectivity index is 1.41. The molecule has 5 nitrogen and oxygen atoms in total. The van der Waals surface area contributed by atoms with E-state index in [4.69, 9.17) is 9.47 Å². The van der Waals surface area contributed by atoms with Crippen LogP contribution in [0.25, 0.3) is 0 Å². The first-order chi connectivity index (χ1) is 12.7. The summed E-state index contributed by atoms with van der Waals surface area (Å²) in [5, 5.41) is 2.97. The highest BCUT2D eigenvalue weighted by atomic mass is 16.5. The van der Waals surface area contributed by atoms with E-state index in [1.807, 2.05) is 42.5 Å². The monoisotopic (exact) mass is 354 g/mol. The van der Waals surface area contributed by atoms with E-state index in [0.29, 0.717) is 18.3 Å². The van der Waals surface area contributed by atoms with Crippen molar-refractivity contribution in [3.63, 3.8) is 0 Å². The predicted molar refractivity (Wildman–Crippen MR) is 102 cm³/mol. The number of rotatable bonds is 8. The van der Waals surface area contributed by atoms with Crippen molar-refractivity contribution in [3.8, 4) is 17.2 Å². The lowest BCUT2D eigenvalue weighted by molar-refractivity contribution is -0.123. The Morgan fingerprint density at radius 2 is 1.77 bits per heavy atom. The molecule has 1 unspecified atom stereocenters. The summed E-state index contributed by atoms with van der Waals surface area (Å²) in [6.45, 7) is 5.05. The van der Waals surface area contributed by atoms with Gasteiger partial charge in [0.2, 0.25) is 0 Å². The van der Waals surface area contributed by atoms with Gasteiger partial charge in [0, 0.05) is 12.6 Å². The second-order valence-corrected chi connectivity index (χ2v) is 6.40. The fraction of sp³-hybridized carbons (Fsp3) is 0.381. The molecule has 5 heteroatoms. The molecule has 1 aliphatic heterocycles. The van der Waals surface area contributed by atoms with Gasteiger partial charge >= 0.3 is 0 Å². The third kappa shape index (κ3) is 5.23. The molecule has 1 N–H and O–H groups in total. The quantitative estimate of drug-likeness (QED) is 0.789. The van der Waals surface area contributed by atoms with Gasteiger partial charge in [-0.05, 0) is 62.3 Å². The van der Waals surface area contributed by atoms with Gasteiger partial charge in [-0.1, -0.05) is 25.1 Å². The standard InChI is InChI=1S/C21H26N2O3/c1-2-23-14-6-7-17(23)15-22-21(24)16-25-18-10-12-20(13-11-18)26-19-8-4-3-5-9-19/h3-5,8-13,17H,2,6-7,14-16H2,1H3,(H,22,24).